The van der Waals surface area contributed by atoms with Crippen molar-refractivity contribution in [3.63, 3.8) is 0 Å². The van der Waals surface area contributed by atoms with E-state index < -0.39 is 23.1 Å². The van der Waals surface area contributed by atoms with Gasteiger partial charge in [0.15, 0.2) is 4.34 Å². The van der Waals surface area contributed by atoms with Gasteiger partial charge in [0.05, 0.1) is 5.75 Å². The van der Waals surface area contributed by atoms with E-state index in [1.165, 1.54) is 34.1 Å². The Morgan fingerprint density at radius 3 is 2.48 bits per heavy atom. The Balaban J connectivity index is 1.58. The third kappa shape index (κ3) is 4.53. The number of carbonyl (C=O) groups excluding carboxylic acids is 2. The van der Waals surface area contributed by atoms with E-state index in [0.29, 0.717) is 35.7 Å². The summed E-state index contributed by atoms with van der Waals surface area (Å²) >= 11 is 2.67. The van der Waals surface area contributed by atoms with Crippen LogP contribution < -0.4 is 10.2 Å². The van der Waals surface area contributed by atoms with Crippen LogP contribution in [0.2, 0.25) is 0 Å². The molecule has 0 unspecified atom stereocenters. The number of benzene rings is 1. The van der Waals surface area contributed by atoms with Crippen molar-refractivity contribution in [2.75, 3.05) is 43.9 Å². The standard InChI is InChI=1S/C16H17F2N5O2S2/c1-19-12(24)9-26-16-21-20-15(27-16)23-7-5-22(6-8-23)14(25)13-10(17)3-2-4-11(13)18/h2-4H,5-9H2,1H3,(H,19,24). The number of carbonyl (C=O) groups is 2. The van der Waals surface area contributed by atoms with E-state index in [1.54, 1.807) is 7.05 Å². The zero-order valence-corrected chi connectivity index (χ0v) is 16.1. The van der Waals surface area contributed by atoms with Crippen LogP contribution >= 0.6 is 23.1 Å². The van der Waals surface area contributed by atoms with Crippen LogP contribution in [0, 0.1) is 11.6 Å². The number of amides is 2. The first-order valence-corrected chi connectivity index (χ1v) is 9.95. The summed E-state index contributed by atoms with van der Waals surface area (Å²) in [6.45, 7) is 1.62. The van der Waals surface area contributed by atoms with E-state index in [2.05, 4.69) is 15.5 Å². The summed E-state index contributed by atoms with van der Waals surface area (Å²) in [6.07, 6.45) is 0. The number of nitrogens with zero attached hydrogens (tertiary/aromatic N) is 4. The van der Waals surface area contributed by atoms with Crippen LogP contribution in [0.25, 0.3) is 0 Å². The van der Waals surface area contributed by atoms with Crippen molar-refractivity contribution < 1.29 is 18.4 Å². The highest BCUT2D eigenvalue weighted by molar-refractivity contribution is 8.01. The quantitative estimate of drug-likeness (QED) is 0.751. The number of halogens is 2. The topological polar surface area (TPSA) is 78.4 Å². The zero-order valence-electron chi connectivity index (χ0n) is 14.4. The van der Waals surface area contributed by atoms with Crippen molar-refractivity contribution >= 4 is 40.0 Å². The van der Waals surface area contributed by atoms with Crippen molar-refractivity contribution in [1.82, 2.24) is 20.4 Å². The minimum Gasteiger partial charge on any atom is -0.358 e. The number of aromatic nitrogens is 2. The van der Waals surface area contributed by atoms with E-state index in [1.807, 2.05) is 4.90 Å². The Morgan fingerprint density at radius 1 is 1.19 bits per heavy atom. The summed E-state index contributed by atoms with van der Waals surface area (Å²) in [4.78, 5) is 27.1. The molecule has 1 N–H and O–H groups in total. The molecule has 2 amide bonds. The zero-order chi connectivity index (χ0) is 19.4. The lowest BCUT2D eigenvalue weighted by atomic mass is 10.1. The summed E-state index contributed by atoms with van der Waals surface area (Å²) in [5.41, 5.74) is -0.519. The molecule has 0 aliphatic carbocycles. The predicted molar refractivity (Wildman–Crippen MR) is 99.2 cm³/mol. The first-order chi connectivity index (χ1) is 13.0. The number of hydrogen-bond donors (Lipinski definition) is 1. The molecule has 0 spiro atoms. The number of hydrogen-bond acceptors (Lipinski definition) is 7. The molecule has 1 aliphatic heterocycles. The van der Waals surface area contributed by atoms with Crippen LogP contribution in [0.15, 0.2) is 22.5 Å². The maximum Gasteiger partial charge on any atom is 0.259 e. The number of thioether (sulfide) groups is 1. The highest BCUT2D eigenvalue weighted by Crippen LogP contribution is 2.28. The van der Waals surface area contributed by atoms with Crippen LogP contribution in [0.5, 0.6) is 0 Å². The fourth-order valence-corrected chi connectivity index (χ4v) is 4.31. The van der Waals surface area contributed by atoms with Gasteiger partial charge < -0.3 is 15.1 Å². The van der Waals surface area contributed by atoms with Gasteiger partial charge in [-0.25, -0.2) is 8.78 Å². The van der Waals surface area contributed by atoms with Gasteiger partial charge in [-0.15, -0.1) is 10.2 Å². The fraction of sp³-hybridized carbons (Fsp3) is 0.375. The Bertz CT molecular complexity index is 820. The molecule has 2 heterocycles. The minimum absolute atomic E-state index is 0.0933. The number of piperazine rings is 1. The Labute approximate surface area is 162 Å². The second kappa shape index (κ2) is 8.61. The third-order valence-corrected chi connectivity index (χ3v) is 6.13. The lowest BCUT2D eigenvalue weighted by Crippen LogP contribution is -2.49. The van der Waals surface area contributed by atoms with Crippen LogP contribution in [0.1, 0.15) is 10.4 Å². The molecule has 2 aromatic rings. The first-order valence-electron chi connectivity index (χ1n) is 8.14. The molecule has 0 atom stereocenters. The highest BCUT2D eigenvalue weighted by atomic mass is 32.2. The monoisotopic (exact) mass is 413 g/mol. The normalized spacial score (nSPS) is 14.3. The molecule has 27 heavy (non-hydrogen) atoms. The molecule has 0 bridgehead atoms. The molecular formula is C16H17F2N5O2S2. The lowest BCUT2D eigenvalue weighted by molar-refractivity contribution is -0.118. The number of rotatable bonds is 5. The third-order valence-electron chi connectivity index (χ3n) is 4.02. The van der Waals surface area contributed by atoms with E-state index in [0.717, 1.165) is 12.1 Å². The molecule has 3 rings (SSSR count). The molecule has 1 aromatic heterocycles. The van der Waals surface area contributed by atoms with Crippen LogP contribution in [-0.4, -0.2) is 65.9 Å². The SMILES string of the molecule is CNC(=O)CSc1nnc(N2CCN(C(=O)c3c(F)cccc3F)CC2)s1. The van der Waals surface area contributed by atoms with Gasteiger partial charge in [-0.05, 0) is 12.1 Å². The van der Waals surface area contributed by atoms with Crippen molar-refractivity contribution in [2.45, 2.75) is 4.34 Å². The molecule has 144 valence electrons. The summed E-state index contributed by atoms with van der Waals surface area (Å²) in [5, 5.41) is 11.4. The maximum absolute atomic E-state index is 13.8. The summed E-state index contributed by atoms with van der Waals surface area (Å²) in [5.74, 6) is -2.19. The summed E-state index contributed by atoms with van der Waals surface area (Å²) in [6, 6.07) is 3.38. The Hall–Kier alpha value is -2.27. The van der Waals surface area contributed by atoms with Crippen LogP contribution in [0.3, 0.4) is 0 Å². The molecule has 0 saturated carbocycles. The van der Waals surface area contributed by atoms with Gasteiger partial charge in [0.1, 0.15) is 17.2 Å². The van der Waals surface area contributed by atoms with Crippen molar-refractivity contribution in [3.05, 3.63) is 35.4 Å². The molecular weight excluding hydrogens is 396 g/mol. The van der Waals surface area contributed by atoms with E-state index in [9.17, 15) is 18.4 Å². The summed E-state index contributed by atoms with van der Waals surface area (Å²) < 4.78 is 28.3. The predicted octanol–water partition coefficient (Wildman–Crippen LogP) is 1.62. The lowest BCUT2D eigenvalue weighted by Gasteiger charge is -2.34. The maximum atomic E-state index is 13.8. The number of anilines is 1. The molecule has 7 nitrogen and oxygen atoms in total. The van der Waals surface area contributed by atoms with Gasteiger partial charge in [0.2, 0.25) is 11.0 Å². The minimum atomic E-state index is -0.857. The highest BCUT2D eigenvalue weighted by Gasteiger charge is 2.27. The van der Waals surface area contributed by atoms with Gasteiger partial charge in [-0.1, -0.05) is 29.2 Å². The van der Waals surface area contributed by atoms with E-state index >= 15 is 0 Å². The average Bonchev–Trinajstić information content (AvgIpc) is 3.15. The molecule has 0 radical (unpaired) electrons. The molecule has 1 aliphatic rings. The second-order valence-corrected chi connectivity index (χ2v) is 7.87. The van der Waals surface area contributed by atoms with Crippen molar-refractivity contribution in [3.8, 4) is 0 Å². The van der Waals surface area contributed by atoms with Crippen molar-refractivity contribution in [1.29, 1.82) is 0 Å². The molecule has 1 aromatic carbocycles. The fourth-order valence-electron chi connectivity index (χ4n) is 2.55. The second-order valence-electron chi connectivity index (χ2n) is 5.69. The molecule has 1 saturated heterocycles. The van der Waals surface area contributed by atoms with Gasteiger partial charge in [-0.2, -0.15) is 0 Å². The van der Waals surface area contributed by atoms with Gasteiger partial charge in [0, 0.05) is 33.2 Å². The van der Waals surface area contributed by atoms with Crippen LogP contribution in [-0.2, 0) is 4.79 Å². The average molecular weight is 413 g/mol. The van der Waals surface area contributed by atoms with Gasteiger partial charge in [-0.3, -0.25) is 9.59 Å². The van der Waals surface area contributed by atoms with E-state index in [4.69, 9.17) is 0 Å². The van der Waals surface area contributed by atoms with Gasteiger partial charge >= 0.3 is 0 Å². The summed E-state index contributed by atoms with van der Waals surface area (Å²) in [7, 11) is 1.57. The Morgan fingerprint density at radius 2 is 1.85 bits per heavy atom. The van der Waals surface area contributed by atoms with Gasteiger partial charge in [0.25, 0.3) is 5.91 Å². The first kappa shape index (κ1) is 19.5. The Kier molecular flexibility index (Phi) is 6.22. The molecule has 1 fully saturated rings. The smallest absolute Gasteiger partial charge is 0.259 e. The largest absolute Gasteiger partial charge is 0.358 e. The number of nitrogens with one attached hydrogen (secondary N) is 1. The van der Waals surface area contributed by atoms with E-state index in [-0.39, 0.29) is 11.7 Å². The molecule has 11 heteroatoms. The van der Waals surface area contributed by atoms with Crippen molar-refractivity contribution in [2.24, 2.45) is 0 Å². The van der Waals surface area contributed by atoms with Crippen LogP contribution in [0.4, 0.5) is 13.9 Å².